The summed E-state index contributed by atoms with van der Waals surface area (Å²) in [4.78, 5) is 13.6. The third kappa shape index (κ3) is 2.14. The van der Waals surface area contributed by atoms with Crippen molar-refractivity contribution in [3.63, 3.8) is 0 Å². The van der Waals surface area contributed by atoms with Gasteiger partial charge in [-0.15, -0.1) is 0 Å². The average molecular weight is 286 g/mol. The van der Waals surface area contributed by atoms with Crippen molar-refractivity contribution in [2.75, 3.05) is 16.8 Å². The smallest absolute Gasteiger partial charge is 0.227 e. The number of carbonyl (C=O) groups excluding carboxylic acids is 1. The second-order valence-electron chi connectivity index (χ2n) is 4.50. The van der Waals surface area contributed by atoms with Gasteiger partial charge in [0, 0.05) is 30.5 Å². The van der Waals surface area contributed by atoms with Crippen molar-refractivity contribution in [3.8, 4) is 0 Å². The largest absolute Gasteiger partial charge is 0.309 e. The van der Waals surface area contributed by atoms with Crippen LogP contribution in [0.5, 0.6) is 0 Å². The Hall–Kier alpha value is -0.840. The molecule has 1 unspecified atom stereocenters. The average Bonchev–Trinajstić information content (AvgIpc) is 2.83. The lowest BCUT2D eigenvalue weighted by atomic mass is 10.2. The predicted molar refractivity (Wildman–Crippen MR) is 66.9 cm³/mol. The standard InChI is InChI=1S/C11H16BrN3O/c1-8(2)15-7-10(5-13-15)14-6-9(4-12)3-11(14)16/h5,7-9H,3-4,6H2,1-2H3. The molecule has 0 bridgehead atoms. The third-order valence-electron chi connectivity index (χ3n) is 2.85. The summed E-state index contributed by atoms with van der Waals surface area (Å²) < 4.78 is 1.88. The van der Waals surface area contributed by atoms with E-state index in [1.165, 1.54) is 0 Å². The number of rotatable bonds is 3. The molecule has 1 aliphatic rings. The number of aromatic nitrogens is 2. The maximum atomic E-state index is 11.8. The molecule has 88 valence electrons. The van der Waals surface area contributed by atoms with Crippen molar-refractivity contribution in [1.29, 1.82) is 0 Å². The minimum Gasteiger partial charge on any atom is -0.309 e. The fourth-order valence-corrected chi connectivity index (χ4v) is 2.32. The van der Waals surface area contributed by atoms with E-state index in [1.54, 1.807) is 6.20 Å². The summed E-state index contributed by atoms with van der Waals surface area (Å²) in [5, 5.41) is 5.14. The molecule has 1 atom stereocenters. The lowest BCUT2D eigenvalue weighted by Crippen LogP contribution is -2.24. The number of hydrogen-bond donors (Lipinski definition) is 0. The maximum Gasteiger partial charge on any atom is 0.227 e. The van der Waals surface area contributed by atoms with Crippen LogP contribution in [-0.2, 0) is 4.79 Å². The molecule has 1 aromatic rings. The lowest BCUT2D eigenvalue weighted by molar-refractivity contribution is -0.117. The van der Waals surface area contributed by atoms with E-state index in [0.717, 1.165) is 17.6 Å². The first-order valence-corrected chi connectivity index (χ1v) is 6.64. The first-order valence-electron chi connectivity index (χ1n) is 5.52. The minimum atomic E-state index is 0.202. The van der Waals surface area contributed by atoms with Gasteiger partial charge in [-0.2, -0.15) is 5.10 Å². The van der Waals surface area contributed by atoms with Gasteiger partial charge in [-0.05, 0) is 19.8 Å². The Balaban J connectivity index is 2.15. The fraction of sp³-hybridized carbons (Fsp3) is 0.636. The molecule has 0 N–H and O–H groups in total. The molecule has 1 aromatic heterocycles. The van der Waals surface area contributed by atoms with Gasteiger partial charge in [-0.3, -0.25) is 9.48 Å². The fourth-order valence-electron chi connectivity index (χ4n) is 1.88. The third-order valence-corrected chi connectivity index (χ3v) is 3.77. The molecule has 0 spiro atoms. The Kier molecular flexibility index (Phi) is 3.33. The summed E-state index contributed by atoms with van der Waals surface area (Å²) in [6.45, 7) is 4.95. The normalized spacial score (nSPS) is 21.1. The number of nitrogens with zero attached hydrogens (tertiary/aromatic N) is 3. The van der Waals surface area contributed by atoms with Crippen LogP contribution in [0.15, 0.2) is 12.4 Å². The van der Waals surface area contributed by atoms with Crippen LogP contribution in [0.3, 0.4) is 0 Å². The van der Waals surface area contributed by atoms with E-state index in [1.807, 2.05) is 15.8 Å². The number of hydrogen-bond acceptors (Lipinski definition) is 2. The second kappa shape index (κ2) is 4.57. The molecule has 1 amide bonds. The highest BCUT2D eigenvalue weighted by atomic mass is 79.9. The van der Waals surface area contributed by atoms with Gasteiger partial charge in [-0.1, -0.05) is 15.9 Å². The van der Waals surface area contributed by atoms with Gasteiger partial charge in [0.2, 0.25) is 5.91 Å². The second-order valence-corrected chi connectivity index (χ2v) is 5.15. The van der Waals surface area contributed by atoms with Gasteiger partial charge in [0.25, 0.3) is 0 Å². The van der Waals surface area contributed by atoms with Gasteiger partial charge >= 0.3 is 0 Å². The van der Waals surface area contributed by atoms with Crippen LogP contribution < -0.4 is 4.90 Å². The number of anilines is 1. The van der Waals surface area contributed by atoms with Crippen molar-refractivity contribution in [1.82, 2.24) is 9.78 Å². The zero-order valence-corrected chi connectivity index (χ0v) is 11.1. The summed E-state index contributed by atoms with van der Waals surface area (Å²) in [6.07, 6.45) is 4.35. The molecule has 1 aliphatic heterocycles. The Morgan fingerprint density at radius 3 is 2.88 bits per heavy atom. The van der Waals surface area contributed by atoms with E-state index in [2.05, 4.69) is 34.9 Å². The summed E-state index contributed by atoms with van der Waals surface area (Å²) in [5.74, 6) is 0.627. The molecule has 0 aliphatic carbocycles. The van der Waals surface area contributed by atoms with E-state index in [-0.39, 0.29) is 5.91 Å². The van der Waals surface area contributed by atoms with E-state index >= 15 is 0 Å². The van der Waals surface area contributed by atoms with Crippen molar-refractivity contribution in [2.24, 2.45) is 5.92 Å². The monoisotopic (exact) mass is 285 g/mol. The van der Waals surface area contributed by atoms with E-state index in [9.17, 15) is 4.79 Å². The Morgan fingerprint density at radius 1 is 1.62 bits per heavy atom. The molecule has 1 saturated heterocycles. The minimum absolute atomic E-state index is 0.202. The Bertz CT molecular complexity index is 388. The maximum absolute atomic E-state index is 11.8. The molecule has 0 aromatic carbocycles. The molecule has 0 radical (unpaired) electrons. The van der Waals surface area contributed by atoms with Crippen LogP contribution in [0.4, 0.5) is 5.69 Å². The van der Waals surface area contributed by atoms with Crippen LogP contribution in [0.25, 0.3) is 0 Å². The Morgan fingerprint density at radius 2 is 2.38 bits per heavy atom. The molecular weight excluding hydrogens is 270 g/mol. The first kappa shape index (κ1) is 11.6. The molecule has 16 heavy (non-hydrogen) atoms. The van der Waals surface area contributed by atoms with Gasteiger partial charge in [0.1, 0.15) is 0 Å². The van der Waals surface area contributed by atoms with Crippen LogP contribution in [0.2, 0.25) is 0 Å². The molecule has 2 heterocycles. The van der Waals surface area contributed by atoms with E-state index in [0.29, 0.717) is 18.4 Å². The Labute approximate surface area is 104 Å². The van der Waals surface area contributed by atoms with Gasteiger partial charge in [0.05, 0.1) is 11.9 Å². The summed E-state index contributed by atoms with van der Waals surface area (Å²) in [7, 11) is 0. The van der Waals surface area contributed by atoms with Crippen molar-refractivity contribution >= 4 is 27.5 Å². The first-order chi connectivity index (χ1) is 7.61. The topological polar surface area (TPSA) is 38.1 Å². The van der Waals surface area contributed by atoms with Crippen LogP contribution in [0, 0.1) is 5.92 Å². The molecule has 5 heteroatoms. The SMILES string of the molecule is CC(C)n1cc(N2CC(CBr)CC2=O)cn1. The number of carbonyl (C=O) groups is 1. The van der Waals surface area contributed by atoms with Crippen LogP contribution >= 0.6 is 15.9 Å². The lowest BCUT2D eigenvalue weighted by Gasteiger charge is -2.13. The summed E-state index contributed by atoms with van der Waals surface area (Å²) >= 11 is 3.43. The highest BCUT2D eigenvalue weighted by molar-refractivity contribution is 9.09. The quantitative estimate of drug-likeness (QED) is 0.799. The van der Waals surface area contributed by atoms with Crippen molar-refractivity contribution < 1.29 is 4.79 Å². The van der Waals surface area contributed by atoms with E-state index in [4.69, 9.17) is 0 Å². The predicted octanol–water partition coefficient (Wildman–Crippen LogP) is 2.21. The molecule has 1 fully saturated rings. The van der Waals surface area contributed by atoms with E-state index < -0.39 is 0 Å². The van der Waals surface area contributed by atoms with Crippen LogP contribution in [0.1, 0.15) is 26.3 Å². The van der Waals surface area contributed by atoms with Crippen LogP contribution in [-0.4, -0.2) is 27.6 Å². The highest BCUT2D eigenvalue weighted by Crippen LogP contribution is 2.26. The van der Waals surface area contributed by atoms with Gasteiger partial charge in [-0.25, -0.2) is 0 Å². The molecule has 0 saturated carbocycles. The van der Waals surface area contributed by atoms with Gasteiger partial charge in [0.15, 0.2) is 0 Å². The molecule has 2 rings (SSSR count). The highest BCUT2D eigenvalue weighted by Gasteiger charge is 2.30. The zero-order valence-electron chi connectivity index (χ0n) is 9.56. The van der Waals surface area contributed by atoms with Crippen molar-refractivity contribution in [3.05, 3.63) is 12.4 Å². The number of alkyl halides is 1. The summed E-state index contributed by atoms with van der Waals surface area (Å²) in [5.41, 5.74) is 0.919. The summed E-state index contributed by atoms with van der Waals surface area (Å²) in [6, 6.07) is 0.332. The zero-order chi connectivity index (χ0) is 11.7. The van der Waals surface area contributed by atoms with Gasteiger partial charge < -0.3 is 4.90 Å². The molecular formula is C11H16BrN3O. The van der Waals surface area contributed by atoms with Crippen molar-refractivity contribution in [2.45, 2.75) is 26.3 Å². The molecule has 4 nitrogen and oxygen atoms in total. The number of halogens is 1. The number of amides is 1.